The van der Waals surface area contributed by atoms with Crippen molar-refractivity contribution in [2.45, 2.75) is 20.8 Å². The molecule has 0 heterocycles. The van der Waals surface area contributed by atoms with Crippen LogP contribution in [-0.2, 0) is 14.6 Å². The van der Waals surface area contributed by atoms with Gasteiger partial charge in [-0.1, -0.05) is 20.8 Å². The fourth-order valence-electron chi connectivity index (χ4n) is 0. The lowest BCUT2D eigenvalue weighted by molar-refractivity contribution is 0.177. The van der Waals surface area contributed by atoms with Gasteiger partial charge in [-0.05, 0) is 5.41 Å². The summed E-state index contributed by atoms with van der Waals surface area (Å²) in [6.07, 6.45) is 0. The number of rotatable bonds is 1. The van der Waals surface area contributed by atoms with Crippen molar-refractivity contribution < 1.29 is 22.3 Å². The first-order valence-corrected chi connectivity index (χ1v) is 4.58. The van der Waals surface area contributed by atoms with Crippen molar-refractivity contribution >= 4 is 10.4 Å². The van der Waals surface area contributed by atoms with Crippen LogP contribution >= 0.6 is 0 Å². The van der Waals surface area contributed by atoms with E-state index in [0.29, 0.717) is 0 Å². The first-order valence-electron chi connectivity index (χ1n) is 3.24. The zero-order valence-electron chi connectivity index (χ0n) is 8.70. The first-order chi connectivity index (χ1) is 5.12. The minimum atomic E-state index is -4.41. The van der Waals surface area contributed by atoms with Gasteiger partial charge in [0.25, 0.3) is 0 Å². The van der Waals surface area contributed by atoms with Crippen LogP contribution in [0, 0.1) is 5.41 Å². The Morgan fingerprint density at radius 2 is 1.54 bits per heavy atom. The smallest absolute Gasteiger partial charge is 0.217 e. The Morgan fingerprint density at radius 3 is 1.54 bits per heavy atom. The molecule has 0 unspecified atom stereocenters. The molecule has 0 saturated heterocycles. The molecule has 0 saturated carbocycles. The van der Waals surface area contributed by atoms with Gasteiger partial charge in [0.15, 0.2) is 0 Å². The molecule has 0 radical (unpaired) electrons. The van der Waals surface area contributed by atoms with Gasteiger partial charge in [0, 0.05) is 6.61 Å². The molecule has 0 rings (SSSR count). The number of aliphatic hydroxyl groups excluding tert-OH is 1. The van der Waals surface area contributed by atoms with Crippen LogP contribution in [0.15, 0.2) is 0 Å². The highest BCUT2D eigenvalue weighted by Gasteiger charge is 2.05. The monoisotopic (exact) mass is 217 g/mol. The molecule has 0 aromatic carbocycles. The summed E-state index contributed by atoms with van der Waals surface area (Å²) >= 11 is 0. The molecule has 6 nitrogen and oxygen atoms in total. The van der Waals surface area contributed by atoms with Crippen molar-refractivity contribution in [3.8, 4) is 0 Å². The first kappa shape index (κ1) is 18.5. The van der Waals surface area contributed by atoms with Crippen LogP contribution in [-0.4, -0.2) is 31.8 Å². The number of hydrogen-bond acceptors (Lipinski definition) is 5. The van der Waals surface area contributed by atoms with E-state index in [1.54, 1.807) is 0 Å². The van der Waals surface area contributed by atoms with E-state index in [1.165, 1.54) is 0 Å². The third-order valence-corrected chi connectivity index (χ3v) is 1.09. The summed E-state index contributed by atoms with van der Waals surface area (Å²) in [6.45, 7) is 6.25. The Balaban J connectivity index is -0.000000143. The maximum atomic E-state index is 9.22. The second-order valence-corrected chi connectivity index (χ2v) is 4.44. The topological polar surface area (TPSA) is 123 Å². The summed E-state index contributed by atoms with van der Waals surface area (Å²) in [7, 11) is -3.60. The highest BCUT2D eigenvalue weighted by Crippen LogP contribution is 2.09. The Kier molecular flexibility index (Phi) is 10.3. The Hall–Kier alpha value is -0.210. The zero-order chi connectivity index (χ0) is 10.4. The maximum Gasteiger partial charge on any atom is 0.217 e. The van der Waals surface area contributed by atoms with Crippen LogP contribution in [0.3, 0.4) is 0 Å². The van der Waals surface area contributed by atoms with E-state index >= 15 is 0 Å². The average molecular weight is 217 g/mol. The van der Waals surface area contributed by atoms with Gasteiger partial charge in [-0.2, -0.15) is 0 Å². The number of quaternary nitrogens is 1. The van der Waals surface area contributed by atoms with E-state index in [4.69, 9.17) is 5.11 Å². The third-order valence-electron chi connectivity index (χ3n) is 0.678. The minimum absolute atomic E-state index is 0. The van der Waals surface area contributed by atoms with Gasteiger partial charge < -0.3 is 15.8 Å². The van der Waals surface area contributed by atoms with Crippen LogP contribution in [0.4, 0.5) is 0 Å². The van der Waals surface area contributed by atoms with Crippen molar-refractivity contribution in [3.63, 3.8) is 0 Å². The normalized spacial score (nSPS) is 10.9. The highest BCUT2D eigenvalue weighted by molar-refractivity contribution is 7.80. The molecular weight excluding hydrogens is 198 g/mol. The molecule has 84 valence electrons. The predicted molar refractivity (Wildman–Crippen MR) is 49.2 cm³/mol. The summed E-state index contributed by atoms with van der Waals surface area (Å²) in [5, 5.41) is 8.40. The van der Waals surface area contributed by atoms with Gasteiger partial charge in [-0.15, -0.1) is 0 Å². The van der Waals surface area contributed by atoms with E-state index in [1.807, 2.05) is 20.8 Å². The summed E-state index contributed by atoms with van der Waals surface area (Å²) in [5.41, 5.74) is 0.0972. The van der Waals surface area contributed by atoms with Crippen molar-refractivity contribution in [1.29, 1.82) is 0 Å². The summed E-state index contributed by atoms with van der Waals surface area (Å²) in [4.78, 5) is 0. The number of aliphatic hydroxyl groups is 1. The molecule has 5 N–H and O–H groups in total. The molecule has 7 heteroatoms. The molecule has 0 aromatic heterocycles. The van der Waals surface area contributed by atoms with Crippen LogP contribution in [0.25, 0.3) is 0 Å². The molecule has 0 aliphatic rings. The highest BCUT2D eigenvalue weighted by atomic mass is 32.3. The summed E-state index contributed by atoms with van der Waals surface area (Å²) in [5.74, 6) is 0. The van der Waals surface area contributed by atoms with Crippen molar-refractivity contribution in [1.82, 2.24) is 6.15 Å². The van der Waals surface area contributed by atoms with Crippen molar-refractivity contribution in [2.24, 2.45) is 5.41 Å². The summed E-state index contributed by atoms with van der Waals surface area (Å²) < 4.78 is 31.0. The van der Waals surface area contributed by atoms with Gasteiger partial charge in [0.2, 0.25) is 10.4 Å². The largest absolute Gasteiger partial charge is 0.726 e. The van der Waals surface area contributed by atoms with E-state index in [-0.39, 0.29) is 18.2 Å². The molecule has 0 aliphatic carbocycles. The average Bonchev–Trinajstić information content (AvgIpc) is 1.86. The molecule has 13 heavy (non-hydrogen) atoms. The van der Waals surface area contributed by atoms with Gasteiger partial charge in [0.1, 0.15) is 0 Å². The van der Waals surface area contributed by atoms with Crippen molar-refractivity contribution in [3.05, 3.63) is 0 Å². The molecule has 0 aliphatic heterocycles. The molecule has 0 fully saturated rings. The summed E-state index contributed by atoms with van der Waals surface area (Å²) in [6, 6.07) is 0. The van der Waals surface area contributed by atoms with E-state index in [9.17, 15) is 13.0 Å². The van der Waals surface area contributed by atoms with Gasteiger partial charge in [0.05, 0.1) is 7.11 Å². The zero-order valence-corrected chi connectivity index (χ0v) is 9.51. The van der Waals surface area contributed by atoms with Crippen LogP contribution < -0.4 is 6.15 Å². The fraction of sp³-hybridized carbons (Fsp3) is 1.00. The van der Waals surface area contributed by atoms with E-state index < -0.39 is 10.4 Å². The molecule has 0 spiro atoms. The third kappa shape index (κ3) is 33.7. The molecular formula is C6H19NO5S. The Morgan fingerprint density at radius 1 is 1.38 bits per heavy atom. The predicted octanol–water partition coefficient (Wildman–Crippen LogP) is 0.494. The molecule has 0 aromatic rings. The number of hydrogen-bond donors (Lipinski definition) is 2. The Bertz CT molecular complexity index is 194. The van der Waals surface area contributed by atoms with Gasteiger partial charge in [-0.3, -0.25) is 4.18 Å². The van der Waals surface area contributed by atoms with Crippen LogP contribution in [0.5, 0.6) is 0 Å². The van der Waals surface area contributed by atoms with Crippen LogP contribution in [0.1, 0.15) is 20.8 Å². The maximum absolute atomic E-state index is 9.22. The lowest BCUT2D eigenvalue weighted by Gasteiger charge is -2.11. The van der Waals surface area contributed by atoms with Crippen molar-refractivity contribution in [2.75, 3.05) is 13.7 Å². The fourth-order valence-corrected chi connectivity index (χ4v) is 0. The SMILES string of the molecule is CC(C)(C)CO.COS(=O)(=O)[O-].[NH4+]. The standard InChI is InChI=1S/C5H12O.CH4O4S.H3N/c1-5(2,3)4-6;1-5-6(2,3)4;/h6H,4H2,1-3H3;1H3,(H,2,3,4);1H3. The Labute approximate surface area is 79.5 Å². The van der Waals surface area contributed by atoms with Gasteiger partial charge >= 0.3 is 0 Å². The second kappa shape index (κ2) is 7.22. The lowest BCUT2D eigenvalue weighted by Crippen LogP contribution is -2.09. The van der Waals surface area contributed by atoms with Gasteiger partial charge in [-0.25, -0.2) is 8.42 Å². The molecule has 0 bridgehead atoms. The minimum Gasteiger partial charge on any atom is -0.726 e. The quantitative estimate of drug-likeness (QED) is 0.488. The van der Waals surface area contributed by atoms with E-state index in [2.05, 4.69) is 4.18 Å². The lowest BCUT2D eigenvalue weighted by atomic mass is 9.99. The molecule has 0 amide bonds. The van der Waals surface area contributed by atoms with Crippen LogP contribution in [0.2, 0.25) is 0 Å². The second-order valence-electron chi connectivity index (χ2n) is 3.29. The molecule has 0 atom stereocenters. The van der Waals surface area contributed by atoms with E-state index in [0.717, 1.165) is 7.11 Å².